The van der Waals surface area contributed by atoms with Crippen molar-refractivity contribution in [3.63, 3.8) is 0 Å². The Balaban J connectivity index is 2.43. The van der Waals surface area contributed by atoms with Gasteiger partial charge in [-0.25, -0.2) is 0 Å². The lowest BCUT2D eigenvalue weighted by Crippen LogP contribution is -2.23. The lowest BCUT2D eigenvalue weighted by atomic mass is 10.1. The molecule has 0 aliphatic rings. The van der Waals surface area contributed by atoms with Crippen LogP contribution in [-0.2, 0) is 11.2 Å². The van der Waals surface area contributed by atoms with E-state index in [0.29, 0.717) is 16.6 Å². The average molecular weight is 258 g/mol. The molecule has 0 aliphatic carbocycles. The maximum absolute atomic E-state index is 11.1. The summed E-state index contributed by atoms with van der Waals surface area (Å²) < 4.78 is 0. The maximum Gasteiger partial charge on any atom is 0.243 e. The van der Waals surface area contributed by atoms with Crippen LogP contribution < -0.4 is 5.32 Å². The van der Waals surface area contributed by atoms with Crippen molar-refractivity contribution in [1.29, 1.82) is 0 Å². The molecule has 0 aliphatic heterocycles. The molecular formula is C12H13Cl2NO. The molecule has 1 aromatic carbocycles. The van der Waals surface area contributed by atoms with E-state index in [4.69, 9.17) is 23.2 Å². The monoisotopic (exact) mass is 257 g/mol. The highest BCUT2D eigenvalue weighted by Gasteiger charge is 2.00. The van der Waals surface area contributed by atoms with Crippen LogP contribution in [0.3, 0.4) is 0 Å². The maximum atomic E-state index is 11.1. The van der Waals surface area contributed by atoms with Gasteiger partial charge in [-0.3, -0.25) is 4.79 Å². The number of nitrogens with one attached hydrogen (secondary N) is 1. The summed E-state index contributed by atoms with van der Waals surface area (Å²) in [5, 5.41) is 3.85. The fourth-order valence-electron chi connectivity index (χ4n) is 1.24. The number of hydrogen-bond acceptors (Lipinski definition) is 1. The van der Waals surface area contributed by atoms with Crippen molar-refractivity contribution in [3.05, 3.63) is 46.0 Å². The molecule has 0 bridgehead atoms. The molecule has 0 saturated carbocycles. The molecule has 0 saturated heterocycles. The van der Waals surface area contributed by atoms with Crippen molar-refractivity contribution in [1.82, 2.24) is 5.32 Å². The molecule has 4 heteroatoms. The molecule has 0 heterocycles. The summed E-state index contributed by atoms with van der Waals surface area (Å²) in [4.78, 5) is 11.1. The molecule has 0 radical (unpaired) electrons. The Kier molecular flexibility index (Phi) is 5.36. The molecule has 1 aromatic rings. The van der Waals surface area contributed by atoms with E-state index in [0.717, 1.165) is 12.0 Å². The number of amides is 1. The minimum Gasteiger partial charge on any atom is -0.352 e. The smallest absolute Gasteiger partial charge is 0.243 e. The number of hydrogen-bond donors (Lipinski definition) is 1. The zero-order valence-corrected chi connectivity index (χ0v) is 10.5. The lowest BCUT2D eigenvalue weighted by molar-refractivity contribution is -0.116. The Bertz CT molecular complexity index is 402. The van der Waals surface area contributed by atoms with Gasteiger partial charge in [0.2, 0.25) is 5.91 Å². The molecule has 0 atom stereocenters. The minimum absolute atomic E-state index is 0.0810. The SMILES string of the molecule is C/C=C/C(=O)NCCc1ccc(Cl)c(Cl)c1. The van der Waals surface area contributed by atoms with E-state index < -0.39 is 0 Å². The first-order valence-corrected chi connectivity index (χ1v) is 5.73. The van der Waals surface area contributed by atoms with Gasteiger partial charge in [-0.05, 0) is 37.1 Å². The third-order valence-corrected chi connectivity index (χ3v) is 2.75. The van der Waals surface area contributed by atoms with Crippen molar-refractivity contribution in [3.8, 4) is 0 Å². The third-order valence-electron chi connectivity index (χ3n) is 2.01. The van der Waals surface area contributed by atoms with Gasteiger partial charge in [0.1, 0.15) is 0 Å². The Morgan fingerprint density at radius 3 is 2.75 bits per heavy atom. The highest BCUT2D eigenvalue weighted by molar-refractivity contribution is 6.42. The largest absolute Gasteiger partial charge is 0.352 e. The van der Waals surface area contributed by atoms with Gasteiger partial charge in [0.05, 0.1) is 10.0 Å². The number of carbonyl (C=O) groups excluding carboxylic acids is 1. The van der Waals surface area contributed by atoms with Gasteiger partial charge in [0.15, 0.2) is 0 Å². The van der Waals surface area contributed by atoms with Crippen molar-refractivity contribution in [2.75, 3.05) is 6.54 Å². The number of carbonyl (C=O) groups is 1. The quantitative estimate of drug-likeness (QED) is 0.825. The first-order chi connectivity index (χ1) is 7.63. The summed E-state index contributed by atoms with van der Waals surface area (Å²) in [6.45, 7) is 2.39. The van der Waals surface area contributed by atoms with Crippen LogP contribution in [0, 0.1) is 0 Å². The van der Waals surface area contributed by atoms with E-state index >= 15 is 0 Å². The molecule has 0 fully saturated rings. The molecule has 2 nitrogen and oxygen atoms in total. The summed E-state index contributed by atoms with van der Waals surface area (Å²) >= 11 is 11.7. The van der Waals surface area contributed by atoms with Gasteiger partial charge in [-0.1, -0.05) is 35.3 Å². The molecule has 1 rings (SSSR count). The second kappa shape index (κ2) is 6.56. The molecule has 0 aromatic heterocycles. The van der Waals surface area contributed by atoms with Gasteiger partial charge < -0.3 is 5.32 Å². The summed E-state index contributed by atoms with van der Waals surface area (Å²) in [7, 11) is 0. The van der Waals surface area contributed by atoms with Crippen LogP contribution in [0.2, 0.25) is 10.0 Å². The van der Waals surface area contributed by atoms with E-state index in [1.54, 1.807) is 19.1 Å². The minimum atomic E-state index is -0.0810. The highest BCUT2D eigenvalue weighted by Crippen LogP contribution is 2.22. The fourth-order valence-corrected chi connectivity index (χ4v) is 1.56. The molecule has 1 amide bonds. The number of rotatable bonds is 4. The first-order valence-electron chi connectivity index (χ1n) is 4.98. The third kappa shape index (κ3) is 4.25. The van der Waals surface area contributed by atoms with Crippen LogP contribution in [0.5, 0.6) is 0 Å². The van der Waals surface area contributed by atoms with Gasteiger partial charge in [0.25, 0.3) is 0 Å². The second-order valence-corrected chi connectivity index (χ2v) is 4.10. The lowest BCUT2D eigenvalue weighted by Gasteiger charge is -2.04. The number of benzene rings is 1. The predicted octanol–water partition coefficient (Wildman–Crippen LogP) is 3.23. The molecule has 16 heavy (non-hydrogen) atoms. The van der Waals surface area contributed by atoms with Crippen molar-refractivity contribution < 1.29 is 4.79 Å². The van der Waals surface area contributed by atoms with Crippen LogP contribution in [0.4, 0.5) is 0 Å². The van der Waals surface area contributed by atoms with Gasteiger partial charge in [-0.15, -0.1) is 0 Å². The molecule has 1 N–H and O–H groups in total. The van der Waals surface area contributed by atoms with E-state index in [1.165, 1.54) is 6.08 Å². The van der Waals surface area contributed by atoms with Crippen LogP contribution >= 0.6 is 23.2 Å². The predicted molar refractivity (Wildman–Crippen MR) is 68.0 cm³/mol. The Hall–Kier alpha value is -0.990. The van der Waals surface area contributed by atoms with E-state index in [2.05, 4.69) is 5.32 Å². The van der Waals surface area contributed by atoms with E-state index in [1.807, 2.05) is 12.1 Å². The van der Waals surface area contributed by atoms with Crippen LogP contribution in [0.25, 0.3) is 0 Å². The Morgan fingerprint density at radius 1 is 1.38 bits per heavy atom. The second-order valence-electron chi connectivity index (χ2n) is 3.29. The van der Waals surface area contributed by atoms with Crippen molar-refractivity contribution in [2.24, 2.45) is 0 Å². The summed E-state index contributed by atoms with van der Waals surface area (Å²) in [5.74, 6) is -0.0810. The molecule has 0 spiro atoms. The number of allylic oxidation sites excluding steroid dienone is 1. The Labute approximate surface area is 105 Å². The first kappa shape index (κ1) is 13.1. The van der Waals surface area contributed by atoms with Crippen LogP contribution in [0.1, 0.15) is 12.5 Å². The zero-order valence-electron chi connectivity index (χ0n) is 8.97. The standard InChI is InChI=1S/C12H13Cl2NO/c1-2-3-12(16)15-7-6-9-4-5-10(13)11(14)8-9/h2-5,8H,6-7H2,1H3,(H,15,16)/b3-2+. The summed E-state index contributed by atoms with van der Waals surface area (Å²) in [6.07, 6.45) is 3.93. The Morgan fingerprint density at radius 2 is 2.12 bits per heavy atom. The average Bonchev–Trinajstić information content (AvgIpc) is 2.24. The van der Waals surface area contributed by atoms with Crippen LogP contribution in [-0.4, -0.2) is 12.5 Å². The van der Waals surface area contributed by atoms with Crippen molar-refractivity contribution >= 4 is 29.1 Å². The van der Waals surface area contributed by atoms with E-state index in [-0.39, 0.29) is 5.91 Å². The normalized spacial score (nSPS) is 10.7. The topological polar surface area (TPSA) is 29.1 Å². The van der Waals surface area contributed by atoms with E-state index in [9.17, 15) is 4.79 Å². The van der Waals surface area contributed by atoms with Gasteiger partial charge in [0, 0.05) is 6.54 Å². The number of halogens is 2. The van der Waals surface area contributed by atoms with Gasteiger partial charge >= 0.3 is 0 Å². The van der Waals surface area contributed by atoms with Crippen molar-refractivity contribution in [2.45, 2.75) is 13.3 Å². The molecule has 0 unspecified atom stereocenters. The summed E-state index contributed by atoms with van der Waals surface area (Å²) in [5.41, 5.74) is 1.05. The zero-order chi connectivity index (χ0) is 12.0. The fraction of sp³-hybridized carbons (Fsp3) is 0.250. The molecular weight excluding hydrogens is 245 g/mol. The highest BCUT2D eigenvalue weighted by atomic mass is 35.5. The van der Waals surface area contributed by atoms with Gasteiger partial charge in [-0.2, -0.15) is 0 Å². The van der Waals surface area contributed by atoms with Crippen LogP contribution in [0.15, 0.2) is 30.4 Å². The summed E-state index contributed by atoms with van der Waals surface area (Å²) in [6, 6.07) is 5.47. The molecule has 86 valence electrons.